The van der Waals surface area contributed by atoms with Crippen molar-refractivity contribution >= 4 is 0 Å². The average Bonchev–Trinajstić information content (AvgIpc) is 2.44. The second kappa shape index (κ2) is 10.6. The van der Waals surface area contributed by atoms with E-state index in [0.717, 1.165) is 31.6 Å². The van der Waals surface area contributed by atoms with Crippen molar-refractivity contribution in [1.29, 1.82) is 0 Å². The summed E-state index contributed by atoms with van der Waals surface area (Å²) in [6.45, 7) is 8.24. The molecular weight excluding hydrogens is 250 g/mol. The summed E-state index contributed by atoms with van der Waals surface area (Å²) in [5, 5.41) is 3.32. The van der Waals surface area contributed by atoms with Crippen molar-refractivity contribution in [2.45, 2.75) is 71.9 Å². The fourth-order valence-electron chi connectivity index (χ4n) is 2.05. The maximum atomic E-state index is 5.84. The van der Waals surface area contributed by atoms with Gasteiger partial charge < -0.3 is 10.1 Å². The maximum absolute atomic E-state index is 5.84. The van der Waals surface area contributed by atoms with Crippen molar-refractivity contribution in [2.75, 3.05) is 6.54 Å². The van der Waals surface area contributed by atoms with Gasteiger partial charge in [0.2, 0.25) is 5.88 Å². The lowest BCUT2D eigenvalue weighted by Gasteiger charge is -2.14. The van der Waals surface area contributed by atoms with Gasteiger partial charge in [-0.1, -0.05) is 33.1 Å². The lowest BCUT2D eigenvalue weighted by molar-refractivity contribution is 0.196. The largest absolute Gasteiger partial charge is 0.474 e. The summed E-state index contributed by atoms with van der Waals surface area (Å²) < 4.78 is 5.84. The molecule has 0 bridgehead atoms. The molecule has 4 nitrogen and oxygen atoms in total. The molecule has 0 amide bonds. The van der Waals surface area contributed by atoms with Gasteiger partial charge in [0, 0.05) is 12.7 Å². The molecule has 0 radical (unpaired) electrons. The van der Waals surface area contributed by atoms with E-state index in [2.05, 4.69) is 36.1 Å². The van der Waals surface area contributed by atoms with Gasteiger partial charge in [-0.3, -0.25) is 4.98 Å². The van der Waals surface area contributed by atoms with Crippen LogP contribution in [-0.2, 0) is 6.54 Å². The normalized spacial score (nSPS) is 12.3. The SMILES string of the molecule is CCCCCCC(C)Oc1cncc(CNCCC)n1. The Morgan fingerprint density at radius 2 is 2.00 bits per heavy atom. The van der Waals surface area contributed by atoms with E-state index in [1.807, 2.05) is 0 Å². The number of unbranched alkanes of at least 4 members (excludes halogenated alkanes) is 3. The molecule has 0 aromatic carbocycles. The summed E-state index contributed by atoms with van der Waals surface area (Å²) in [5.41, 5.74) is 0.939. The summed E-state index contributed by atoms with van der Waals surface area (Å²) >= 11 is 0. The molecule has 1 aromatic heterocycles. The van der Waals surface area contributed by atoms with Gasteiger partial charge in [-0.15, -0.1) is 0 Å². The quantitative estimate of drug-likeness (QED) is 0.627. The monoisotopic (exact) mass is 279 g/mol. The number of ether oxygens (including phenoxy) is 1. The van der Waals surface area contributed by atoms with Crippen LogP contribution in [-0.4, -0.2) is 22.6 Å². The highest BCUT2D eigenvalue weighted by Gasteiger charge is 2.06. The maximum Gasteiger partial charge on any atom is 0.232 e. The van der Waals surface area contributed by atoms with Gasteiger partial charge in [0.15, 0.2) is 0 Å². The van der Waals surface area contributed by atoms with Gasteiger partial charge in [-0.25, -0.2) is 4.98 Å². The first kappa shape index (κ1) is 16.9. The molecule has 1 unspecified atom stereocenters. The van der Waals surface area contributed by atoms with E-state index < -0.39 is 0 Å². The van der Waals surface area contributed by atoms with Crippen LogP contribution in [0.5, 0.6) is 5.88 Å². The second-order valence-electron chi connectivity index (χ2n) is 5.30. The molecule has 0 saturated heterocycles. The number of rotatable bonds is 11. The Hall–Kier alpha value is -1.16. The predicted molar refractivity (Wildman–Crippen MR) is 82.9 cm³/mol. The van der Waals surface area contributed by atoms with Crippen LogP contribution in [0.15, 0.2) is 12.4 Å². The van der Waals surface area contributed by atoms with Gasteiger partial charge in [-0.2, -0.15) is 0 Å². The molecule has 114 valence electrons. The van der Waals surface area contributed by atoms with Gasteiger partial charge >= 0.3 is 0 Å². The smallest absolute Gasteiger partial charge is 0.232 e. The number of hydrogen-bond donors (Lipinski definition) is 1. The zero-order valence-electron chi connectivity index (χ0n) is 13.2. The highest BCUT2D eigenvalue weighted by molar-refractivity contribution is 5.08. The average molecular weight is 279 g/mol. The van der Waals surface area contributed by atoms with Crippen LogP contribution in [0.25, 0.3) is 0 Å². The molecule has 1 rings (SSSR count). The summed E-state index contributed by atoms with van der Waals surface area (Å²) in [7, 11) is 0. The van der Waals surface area contributed by atoms with Crippen molar-refractivity contribution in [3.63, 3.8) is 0 Å². The van der Waals surface area contributed by atoms with Crippen molar-refractivity contribution in [3.8, 4) is 5.88 Å². The third-order valence-corrected chi connectivity index (χ3v) is 3.18. The Labute approximate surface area is 123 Å². The van der Waals surface area contributed by atoms with Crippen molar-refractivity contribution in [1.82, 2.24) is 15.3 Å². The first-order chi connectivity index (χ1) is 9.76. The minimum atomic E-state index is 0.208. The zero-order valence-corrected chi connectivity index (χ0v) is 13.2. The standard InChI is InChI=1S/C16H29N3O/c1-4-6-7-8-9-14(3)20-16-13-18-12-15(19-16)11-17-10-5-2/h12-14,17H,4-11H2,1-3H3. The molecule has 0 fully saturated rings. The van der Waals surface area contributed by atoms with E-state index in [4.69, 9.17) is 4.74 Å². The van der Waals surface area contributed by atoms with Crippen LogP contribution in [0.1, 0.15) is 65.0 Å². The second-order valence-corrected chi connectivity index (χ2v) is 5.30. The van der Waals surface area contributed by atoms with E-state index in [-0.39, 0.29) is 6.10 Å². The van der Waals surface area contributed by atoms with Gasteiger partial charge in [-0.05, 0) is 32.7 Å². The highest BCUT2D eigenvalue weighted by Crippen LogP contribution is 2.12. The molecule has 1 atom stereocenters. The molecule has 1 aromatic rings. The van der Waals surface area contributed by atoms with E-state index in [1.54, 1.807) is 12.4 Å². The van der Waals surface area contributed by atoms with Crippen LogP contribution < -0.4 is 10.1 Å². The Bertz CT molecular complexity index is 357. The Kier molecular flexibility index (Phi) is 8.96. The number of nitrogens with one attached hydrogen (secondary N) is 1. The van der Waals surface area contributed by atoms with Crippen molar-refractivity contribution in [2.24, 2.45) is 0 Å². The molecule has 0 aliphatic rings. The molecule has 0 saturated carbocycles. The number of aromatic nitrogens is 2. The molecule has 0 aliphatic carbocycles. The molecular formula is C16H29N3O. The minimum Gasteiger partial charge on any atom is -0.474 e. The van der Waals surface area contributed by atoms with Crippen LogP contribution >= 0.6 is 0 Å². The van der Waals surface area contributed by atoms with E-state index in [0.29, 0.717) is 5.88 Å². The van der Waals surface area contributed by atoms with Crippen LogP contribution in [0, 0.1) is 0 Å². The third-order valence-electron chi connectivity index (χ3n) is 3.18. The summed E-state index contributed by atoms with van der Waals surface area (Å²) in [5.74, 6) is 0.642. The lowest BCUT2D eigenvalue weighted by Crippen LogP contribution is -2.16. The summed E-state index contributed by atoms with van der Waals surface area (Å²) in [4.78, 5) is 8.68. The minimum absolute atomic E-state index is 0.208. The Morgan fingerprint density at radius 3 is 2.75 bits per heavy atom. The number of hydrogen-bond acceptors (Lipinski definition) is 4. The molecule has 0 spiro atoms. The molecule has 0 aliphatic heterocycles. The fraction of sp³-hybridized carbons (Fsp3) is 0.750. The summed E-state index contributed by atoms with van der Waals surface area (Å²) in [6, 6.07) is 0. The van der Waals surface area contributed by atoms with Gasteiger partial charge in [0.25, 0.3) is 0 Å². The Morgan fingerprint density at radius 1 is 1.15 bits per heavy atom. The predicted octanol–water partition coefficient (Wildman–Crippen LogP) is 3.71. The highest BCUT2D eigenvalue weighted by atomic mass is 16.5. The van der Waals surface area contributed by atoms with Crippen molar-refractivity contribution < 1.29 is 4.74 Å². The van der Waals surface area contributed by atoms with E-state index in [9.17, 15) is 0 Å². The number of nitrogens with zero attached hydrogens (tertiary/aromatic N) is 2. The van der Waals surface area contributed by atoms with E-state index >= 15 is 0 Å². The van der Waals surface area contributed by atoms with E-state index in [1.165, 1.54) is 25.7 Å². The first-order valence-corrected chi connectivity index (χ1v) is 7.94. The fourth-order valence-corrected chi connectivity index (χ4v) is 2.05. The van der Waals surface area contributed by atoms with Crippen LogP contribution in [0.2, 0.25) is 0 Å². The lowest BCUT2D eigenvalue weighted by atomic mass is 10.1. The Balaban J connectivity index is 2.33. The molecule has 4 heteroatoms. The molecule has 1 N–H and O–H groups in total. The molecule has 20 heavy (non-hydrogen) atoms. The third kappa shape index (κ3) is 7.43. The molecule has 1 heterocycles. The van der Waals surface area contributed by atoms with Crippen molar-refractivity contribution in [3.05, 3.63) is 18.1 Å². The van der Waals surface area contributed by atoms with Crippen LogP contribution in [0.4, 0.5) is 0 Å². The topological polar surface area (TPSA) is 47.0 Å². The first-order valence-electron chi connectivity index (χ1n) is 7.94. The zero-order chi connectivity index (χ0) is 14.6. The summed E-state index contributed by atoms with van der Waals surface area (Å²) in [6.07, 6.45) is 11.0. The van der Waals surface area contributed by atoms with Crippen LogP contribution in [0.3, 0.4) is 0 Å². The van der Waals surface area contributed by atoms with Gasteiger partial charge in [0.1, 0.15) is 0 Å². The van der Waals surface area contributed by atoms with Gasteiger partial charge in [0.05, 0.1) is 18.0 Å².